The van der Waals surface area contributed by atoms with E-state index < -0.39 is 0 Å². The average Bonchev–Trinajstić information content (AvgIpc) is 2.29. The van der Waals surface area contributed by atoms with Crippen LogP contribution in [0.15, 0.2) is 18.2 Å². The predicted molar refractivity (Wildman–Crippen MR) is 74.7 cm³/mol. The molecule has 0 fully saturated rings. The highest BCUT2D eigenvalue weighted by atomic mass is 79.9. The van der Waals surface area contributed by atoms with Gasteiger partial charge in [-0.3, -0.25) is 0 Å². The van der Waals surface area contributed by atoms with Crippen LogP contribution in [0.25, 0.3) is 0 Å². The van der Waals surface area contributed by atoms with Crippen LogP contribution in [-0.2, 0) is 6.42 Å². The zero-order valence-corrected chi connectivity index (χ0v) is 11.6. The van der Waals surface area contributed by atoms with E-state index in [2.05, 4.69) is 46.0 Å². The number of benzene rings is 1. The molecule has 0 aromatic heterocycles. The maximum absolute atomic E-state index is 3.50. The number of alkyl halides is 1. The Hall–Kier alpha value is -0.500. The van der Waals surface area contributed by atoms with Gasteiger partial charge in [0.25, 0.3) is 0 Å². The molecule has 0 radical (unpaired) electrons. The maximum atomic E-state index is 3.50. The van der Waals surface area contributed by atoms with Gasteiger partial charge >= 0.3 is 0 Å². The van der Waals surface area contributed by atoms with Crippen molar-refractivity contribution in [2.75, 3.05) is 23.3 Å². The molecule has 0 N–H and O–H groups in total. The molecule has 1 nitrogen and oxygen atoms in total. The number of aryl methyl sites for hydroxylation is 2. The van der Waals surface area contributed by atoms with Gasteiger partial charge in [0.05, 0.1) is 0 Å². The fourth-order valence-electron chi connectivity index (χ4n) is 2.43. The lowest BCUT2D eigenvalue weighted by Crippen LogP contribution is -2.30. The monoisotopic (exact) mass is 281 g/mol. The van der Waals surface area contributed by atoms with Crippen molar-refractivity contribution in [2.45, 2.75) is 32.6 Å². The number of anilines is 1. The van der Waals surface area contributed by atoms with E-state index in [4.69, 9.17) is 0 Å². The molecule has 88 valence electrons. The third-order valence-corrected chi connectivity index (χ3v) is 3.82. The van der Waals surface area contributed by atoms with Gasteiger partial charge in [-0.25, -0.2) is 0 Å². The van der Waals surface area contributed by atoms with E-state index in [1.807, 2.05) is 0 Å². The van der Waals surface area contributed by atoms with Crippen LogP contribution >= 0.6 is 15.9 Å². The van der Waals surface area contributed by atoms with Gasteiger partial charge in [-0.05, 0) is 44.2 Å². The van der Waals surface area contributed by atoms with Gasteiger partial charge in [-0.15, -0.1) is 0 Å². The molecule has 0 bridgehead atoms. The van der Waals surface area contributed by atoms with Crippen molar-refractivity contribution in [3.8, 4) is 0 Å². The average molecular weight is 282 g/mol. The van der Waals surface area contributed by atoms with Crippen molar-refractivity contribution in [1.29, 1.82) is 0 Å². The van der Waals surface area contributed by atoms with E-state index in [0.717, 1.165) is 5.33 Å². The fourth-order valence-corrected chi connectivity index (χ4v) is 2.83. The van der Waals surface area contributed by atoms with E-state index in [1.54, 1.807) is 5.56 Å². The third kappa shape index (κ3) is 2.79. The Kier molecular flexibility index (Phi) is 4.28. The number of fused-ring (bicyclic) bond motifs is 1. The highest BCUT2D eigenvalue weighted by Gasteiger charge is 2.15. The van der Waals surface area contributed by atoms with Crippen LogP contribution in [0, 0.1) is 6.92 Å². The Morgan fingerprint density at radius 3 is 3.00 bits per heavy atom. The first-order chi connectivity index (χ1) is 7.81. The molecule has 1 heterocycles. The second-order valence-corrected chi connectivity index (χ2v) is 5.41. The molecule has 0 saturated carbocycles. The summed E-state index contributed by atoms with van der Waals surface area (Å²) in [5.74, 6) is 0. The number of rotatable bonds is 4. The lowest BCUT2D eigenvalue weighted by atomic mass is 9.99. The zero-order chi connectivity index (χ0) is 11.4. The molecular weight excluding hydrogens is 262 g/mol. The first-order valence-electron chi connectivity index (χ1n) is 6.21. The van der Waals surface area contributed by atoms with Crippen molar-refractivity contribution >= 4 is 21.6 Å². The third-order valence-electron chi connectivity index (χ3n) is 3.26. The van der Waals surface area contributed by atoms with Crippen LogP contribution in [0.5, 0.6) is 0 Å². The molecule has 1 aromatic carbocycles. The summed E-state index contributed by atoms with van der Waals surface area (Å²) in [6.07, 6.45) is 5.13. The van der Waals surface area contributed by atoms with Crippen LogP contribution in [0.3, 0.4) is 0 Å². The van der Waals surface area contributed by atoms with E-state index in [1.165, 1.54) is 50.0 Å². The Morgan fingerprint density at radius 2 is 2.19 bits per heavy atom. The smallest absolute Gasteiger partial charge is 0.0398 e. The molecule has 16 heavy (non-hydrogen) atoms. The van der Waals surface area contributed by atoms with Gasteiger partial charge < -0.3 is 4.90 Å². The molecule has 0 amide bonds. The highest BCUT2D eigenvalue weighted by molar-refractivity contribution is 9.09. The van der Waals surface area contributed by atoms with Crippen molar-refractivity contribution in [2.24, 2.45) is 0 Å². The second-order valence-electron chi connectivity index (χ2n) is 4.62. The molecule has 0 saturated heterocycles. The topological polar surface area (TPSA) is 3.24 Å². The maximum Gasteiger partial charge on any atom is 0.0398 e. The Morgan fingerprint density at radius 1 is 1.31 bits per heavy atom. The Balaban J connectivity index is 2.07. The van der Waals surface area contributed by atoms with Gasteiger partial charge in [0.1, 0.15) is 0 Å². The summed E-state index contributed by atoms with van der Waals surface area (Å²) in [6.45, 7) is 4.63. The molecule has 2 rings (SSSR count). The zero-order valence-electron chi connectivity index (χ0n) is 10.0. The summed E-state index contributed by atoms with van der Waals surface area (Å²) >= 11 is 3.50. The minimum Gasteiger partial charge on any atom is -0.371 e. The van der Waals surface area contributed by atoms with Crippen LogP contribution in [-0.4, -0.2) is 18.4 Å². The molecule has 0 unspecified atom stereocenters. The number of unbranched alkanes of at least 4 members (excludes halogenated alkanes) is 1. The van der Waals surface area contributed by atoms with Gasteiger partial charge in [0.2, 0.25) is 0 Å². The number of hydrogen-bond donors (Lipinski definition) is 0. The quantitative estimate of drug-likeness (QED) is 0.597. The minimum absolute atomic E-state index is 1.13. The van der Waals surface area contributed by atoms with Crippen molar-refractivity contribution in [1.82, 2.24) is 0 Å². The molecule has 0 atom stereocenters. The summed E-state index contributed by atoms with van der Waals surface area (Å²) in [7, 11) is 0. The molecule has 0 aliphatic carbocycles. The minimum atomic E-state index is 1.13. The van der Waals surface area contributed by atoms with Crippen LogP contribution in [0.4, 0.5) is 5.69 Å². The van der Waals surface area contributed by atoms with Crippen molar-refractivity contribution in [3.63, 3.8) is 0 Å². The van der Waals surface area contributed by atoms with E-state index >= 15 is 0 Å². The van der Waals surface area contributed by atoms with Crippen LogP contribution in [0.1, 0.15) is 30.4 Å². The second kappa shape index (κ2) is 5.72. The first kappa shape index (κ1) is 12.0. The highest BCUT2D eigenvalue weighted by Crippen LogP contribution is 2.28. The van der Waals surface area contributed by atoms with Crippen LogP contribution in [0.2, 0.25) is 0 Å². The SMILES string of the molecule is Cc1ccc2c(c1)CCCN2CCCCBr. The van der Waals surface area contributed by atoms with Gasteiger partial charge in [0, 0.05) is 24.1 Å². The van der Waals surface area contributed by atoms with Crippen molar-refractivity contribution in [3.05, 3.63) is 29.3 Å². The van der Waals surface area contributed by atoms with Crippen molar-refractivity contribution < 1.29 is 0 Å². The Bertz CT molecular complexity index is 349. The number of halogens is 1. The van der Waals surface area contributed by atoms with Crippen LogP contribution < -0.4 is 4.90 Å². The molecule has 1 aliphatic rings. The first-order valence-corrected chi connectivity index (χ1v) is 7.34. The van der Waals surface area contributed by atoms with Gasteiger partial charge in [0.15, 0.2) is 0 Å². The van der Waals surface area contributed by atoms with E-state index in [9.17, 15) is 0 Å². The lowest BCUT2D eigenvalue weighted by molar-refractivity contribution is 0.661. The Labute approximate surface area is 107 Å². The summed E-state index contributed by atoms with van der Waals surface area (Å²) in [5, 5.41) is 1.13. The largest absolute Gasteiger partial charge is 0.371 e. The number of nitrogens with zero attached hydrogens (tertiary/aromatic N) is 1. The van der Waals surface area contributed by atoms with Gasteiger partial charge in [-0.2, -0.15) is 0 Å². The predicted octanol–water partition coefficient (Wildman–Crippen LogP) is 3.92. The van der Waals surface area contributed by atoms with E-state index in [-0.39, 0.29) is 0 Å². The summed E-state index contributed by atoms with van der Waals surface area (Å²) in [6, 6.07) is 6.89. The molecule has 1 aromatic rings. The van der Waals surface area contributed by atoms with E-state index in [0.29, 0.717) is 0 Å². The molecular formula is C14H20BrN. The molecule has 1 aliphatic heterocycles. The summed E-state index contributed by atoms with van der Waals surface area (Å²) < 4.78 is 0. The fraction of sp³-hybridized carbons (Fsp3) is 0.571. The van der Waals surface area contributed by atoms with Gasteiger partial charge in [-0.1, -0.05) is 33.6 Å². The summed E-state index contributed by atoms with van der Waals surface area (Å²) in [4.78, 5) is 2.56. The standard InChI is InChI=1S/C14H20BrN/c1-12-6-7-14-13(11-12)5-4-10-16(14)9-3-2-8-15/h6-7,11H,2-5,8-10H2,1H3. The lowest BCUT2D eigenvalue weighted by Gasteiger charge is -2.31. The summed E-state index contributed by atoms with van der Waals surface area (Å²) in [5.41, 5.74) is 4.41. The molecule has 0 spiro atoms. The normalized spacial score (nSPS) is 15.0. The number of hydrogen-bond acceptors (Lipinski definition) is 1. The molecule has 2 heteroatoms.